The Hall–Kier alpha value is -2.58. The highest BCUT2D eigenvalue weighted by Crippen LogP contribution is 2.15. The summed E-state index contributed by atoms with van der Waals surface area (Å²) in [5.41, 5.74) is 5.41. The minimum Gasteiger partial charge on any atom is -0.475 e. The highest BCUT2D eigenvalue weighted by atomic mass is 16.5. The van der Waals surface area contributed by atoms with Crippen LogP contribution in [0.3, 0.4) is 0 Å². The van der Waals surface area contributed by atoms with Gasteiger partial charge in [-0.2, -0.15) is 15.1 Å². The minimum absolute atomic E-state index is 0.00531. The predicted molar refractivity (Wildman–Crippen MR) is 78.2 cm³/mol. The fraction of sp³-hybridized carbons (Fsp3) is 0.500. The maximum absolute atomic E-state index is 11.2. The molecular formula is C12H19N7O2. The van der Waals surface area contributed by atoms with E-state index in [2.05, 4.69) is 25.5 Å². The van der Waals surface area contributed by atoms with Crippen LogP contribution in [0.2, 0.25) is 0 Å². The van der Waals surface area contributed by atoms with Crippen molar-refractivity contribution >= 4 is 11.8 Å². The van der Waals surface area contributed by atoms with Crippen molar-refractivity contribution in [1.29, 1.82) is 0 Å². The number of ether oxygens (including phenoxy) is 1. The molecule has 21 heavy (non-hydrogen) atoms. The molecule has 4 N–H and O–H groups in total. The topological polar surface area (TPSA) is 124 Å². The van der Waals surface area contributed by atoms with Crippen molar-refractivity contribution in [2.24, 2.45) is 7.05 Å². The Kier molecular flexibility index (Phi) is 4.41. The summed E-state index contributed by atoms with van der Waals surface area (Å²) in [6.45, 7) is 4.36. The lowest BCUT2D eigenvalue weighted by Gasteiger charge is -2.11. The van der Waals surface area contributed by atoms with E-state index in [0.29, 0.717) is 30.5 Å². The third-order valence-corrected chi connectivity index (χ3v) is 2.70. The van der Waals surface area contributed by atoms with Crippen LogP contribution in [0.5, 0.6) is 5.88 Å². The number of aromatic nitrogens is 5. The molecule has 0 saturated carbocycles. The van der Waals surface area contributed by atoms with Gasteiger partial charge in [0.05, 0.1) is 6.10 Å². The van der Waals surface area contributed by atoms with Gasteiger partial charge >= 0.3 is 5.69 Å². The average molecular weight is 293 g/mol. The Morgan fingerprint density at radius 1 is 1.48 bits per heavy atom. The van der Waals surface area contributed by atoms with Gasteiger partial charge in [0.15, 0.2) is 0 Å². The summed E-state index contributed by atoms with van der Waals surface area (Å²) >= 11 is 0. The molecule has 0 radical (unpaired) electrons. The number of anilines is 2. The monoisotopic (exact) mass is 293 g/mol. The normalized spacial score (nSPS) is 10.9. The number of rotatable bonds is 6. The summed E-state index contributed by atoms with van der Waals surface area (Å²) in [6, 6.07) is 1.68. The molecule has 0 fully saturated rings. The second-order valence-electron chi connectivity index (χ2n) is 4.80. The quantitative estimate of drug-likeness (QED) is 0.680. The van der Waals surface area contributed by atoms with E-state index in [1.807, 2.05) is 13.8 Å². The Bertz CT molecular complexity index is 662. The summed E-state index contributed by atoms with van der Waals surface area (Å²) in [5, 5.41) is 9.42. The number of nitrogens with zero attached hydrogens (tertiary/aromatic N) is 4. The molecule has 0 unspecified atom stereocenters. The van der Waals surface area contributed by atoms with Gasteiger partial charge in [-0.1, -0.05) is 0 Å². The Morgan fingerprint density at radius 3 is 2.86 bits per heavy atom. The van der Waals surface area contributed by atoms with Crippen LogP contribution in [-0.2, 0) is 13.5 Å². The molecule has 0 amide bonds. The third kappa shape index (κ3) is 3.94. The van der Waals surface area contributed by atoms with Crippen LogP contribution in [0.15, 0.2) is 10.9 Å². The van der Waals surface area contributed by atoms with Crippen LogP contribution in [0.4, 0.5) is 11.8 Å². The van der Waals surface area contributed by atoms with Crippen molar-refractivity contribution in [3.8, 4) is 5.88 Å². The largest absolute Gasteiger partial charge is 0.475 e. The molecule has 2 heterocycles. The van der Waals surface area contributed by atoms with E-state index in [1.54, 1.807) is 13.1 Å². The number of aromatic amines is 1. The van der Waals surface area contributed by atoms with Crippen LogP contribution in [0.1, 0.15) is 19.7 Å². The van der Waals surface area contributed by atoms with E-state index >= 15 is 0 Å². The molecular weight excluding hydrogens is 274 g/mol. The molecule has 0 aliphatic heterocycles. The molecule has 0 atom stereocenters. The maximum atomic E-state index is 11.2. The number of nitrogens with one attached hydrogen (secondary N) is 2. The van der Waals surface area contributed by atoms with Gasteiger partial charge < -0.3 is 15.8 Å². The lowest BCUT2D eigenvalue weighted by atomic mass is 10.4. The molecule has 2 rings (SSSR count). The molecule has 9 nitrogen and oxygen atoms in total. The second-order valence-corrected chi connectivity index (χ2v) is 4.80. The number of hydrogen-bond donors (Lipinski definition) is 3. The molecule has 0 aromatic carbocycles. The van der Waals surface area contributed by atoms with Crippen LogP contribution in [-0.4, -0.2) is 37.4 Å². The standard InChI is InChI=1S/C12H19N7O2/c1-7(2)21-10-6-8(15-11(13)16-10)14-5-4-9-17-18-12(20)19(9)3/h6-7H,4-5H2,1-3H3,(H,18,20)(H3,13,14,15,16). The molecule has 0 bridgehead atoms. The fourth-order valence-corrected chi connectivity index (χ4v) is 1.74. The van der Waals surface area contributed by atoms with Gasteiger partial charge in [0, 0.05) is 26.1 Å². The lowest BCUT2D eigenvalue weighted by molar-refractivity contribution is 0.233. The number of nitrogen functional groups attached to an aromatic ring is 1. The molecule has 2 aromatic heterocycles. The zero-order valence-corrected chi connectivity index (χ0v) is 12.3. The number of H-pyrrole nitrogens is 1. The summed E-state index contributed by atoms with van der Waals surface area (Å²) in [4.78, 5) is 19.3. The summed E-state index contributed by atoms with van der Waals surface area (Å²) in [6.07, 6.45) is 0.574. The van der Waals surface area contributed by atoms with Crippen molar-refractivity contribution in [3.05, 3.63) is 22.4 Å². The highest BCUT2D eigenvalue weighted by Gasteiger charge is 2.07. The molecule has 114 valence electrons. The van der Waals surface area contributed by atoms with Gasteiger partial charge in [-0.3, -0.25) is 4.57 Å². The van der Waals surface area contributed by atoms with Crippen molar-refractivity contribution in [2.75, 3.05) is 17.6 Å². The summed E-state index contributed by atoms with van der Waals surface area (Å²) in [7, 11) is 1.67. The molecule has 0 saturated heterocycles. The fourth-order valence-electron chi connectivity index (χ4n) is 1.74. The van der Waals surface area contributed by atoms with Gasteiger partial charge in [-0.15, -0.1) is 0 Å². The van der Waals surface area contributed by atoms with Gasteiger partial charge in [0.2, 0.25) is 11.8 Å². The Labute approximate surface area is 121 Å². The summed E-state index contributed by atoms with van der Waals surface area (Å²) in [5.74, 6) is 1.79. The van der Waals surface area contributed by atoms with E-state index in [0.717, 1.165) is 0 Å². The molecule has 0 spiro atoms. The van der Waals surface area contributed by atoms with E-state index in [9.17, 15) is 4.79 Å². The first-order valence-corrected chi connectivity index (χ1v) is 6.61. The lowest BCUT2D eigenvalue weighted by Crippen LogP contribution is -2.17. The van der Waals surface area contributed by atoms with E-state index in [1.165, 1.54) is 4.57 Å². The van der Waals surface area contributed by atoms with Crippen molar-refractivity contribution in [3.63, 3.8) is 0 Å². The highest BCUT2D eigenvalue weighted by molar-refractivity contribution is 5.42. The first kappa shape index (κ1) is 14.8. The number of hydrogen-bond acceptors (Lipinski definition) is 7. The third-order valence-electron chi connectivity index (χ3n) is 2.70. The van der Waals surface area contributed by atoms with Gasteiger partial charge in [-0.05, 0) is 13.8 Å². The zero-order chi connectivity index (χ0) is 15.4. The Morgan fingerprint density at radius 2 is 2.24 bits per heavy atom. The minimum atomic E-state index is -0.232. The molecule has 9 heteroatoms. The first-order valence-electron chi connectivity index (χ1n) is 6.61. The van der Waals surface area contributed by atoms with Crippen molar-refractivity contribution in [2.45, 2.75) is 26.4 Å². The second kappa shape index (κ2) is 6.25. The van der Waals surface area contributed by atoms with E-state index in [4.69, 9.17) is 10.5 Å². The first-order chi connectivity index (χ1) is 9.95. The Balaban J connectivity index is 1.98. The maximum Gasteiger partial charge on any atom is 0.343 e. The van der Waals surface area contributed by atoms with E-state index in [-0.39, 0.29) is 17.7 Å². The van der Waals surface area contributed by atoms with Crippen molar-refractivity contribution in [1.82, 2.24) is 24.7 Å². The van der Waals surface area contributed by atoms with Gasteiger partial charge in [0.1, 0.15) is 11.6 Å². The SMILES string of the molecule is CC(C)Oc1cc(NCCc2n[nH]c(=O)n2C)nc(N)n1. The van der Waals surface area contributed by atoms with Crippen LogP contribution in [0.25, 0.3) is 0 Å². The summed E-state index contributed by atoms with van der Waals surface area (Å²) < 4.78 is 6.95. The average Bonchev–Trinajstić information content (AvgIpc) is 2.69. The predicted octanol–water partition coefficient (Wildman–Crippen LogP) is -0.0776. The molecule has 0 aliphatic rings. The molecule has 2 aromatic rings. The number of nitrogens with two attached hydrogens (primary N) is 1. The van der Waals surface area contributed by atoms with E-state index < -0.39 is 0 Å². The molecule has 0 aliphatic carbocycles. The zero-order valence-electron chi connectivity index (χ0n) is 12.3. The van der Waals surface area contributed by atoms with Gasteiger partial charge in [0.25, 0.3) is 0 Å². The van der Waals surface area contributed by atoms with Crippen LogP contribution in [0, 0.1) is 0 Å². The van der Waals surface area contributed by atoms with Crippen LogP contribution >= 0.6 is 0 Å². The smallest absolute Gasteiger partial charge is 0.343 e. The van der Waals surface area contributed by atoms with Gasteiger partial charge in [-0.25, -0.2) is 9.89 Å². The van der Waals surface area contributed by atoms with Crippen LogP contribution < -0.4 is 21.5 Å². The van der Waals surface area contributed by atoms with Crippen molar-refractivity contribution < 1.29 is 4.74 Å².